The maximum Gasteiger partial charge on any atom is 0.269 e. The summed E-state index contributed by atoms with van der Waals surface area (Å²) in [7, 11) is 0. The average molecular weight is 343 g/mol. The molecule has 0 aliphatic carbocycles. The van der Waals surface area contributed by atoms with Gasteiger partial charge in [0.2, 0.25) is 0 Å². The number of carbonyl (C=O) groups is 1. The monoisotopic (exact) mass is 343 g/mol. The van der Waals surface area contributed by atoms with Crippen molar-refractivity contribution in [3.63, 3.8) is 0 Å². The smallest absolute Gasteiger partial charge is 0.269 e. The summed E-state index contributed by atoms with van der Waals surface area (Å²) in [5.41, 5.74) is 2.20. The van der Waals surface area contributed by atoms with Crippen LogP contribution in [0.4, 0.5) is 5.69 Å². The van der Waals surface area contributed by atoms with Gasteiger partial charge in [0.25, 0.3) is 5.69 Å². The highest BCUT2D eigenvalue weighted by Gasteiger charge is 2.23. The van der Waals surface area contributed by atoms with Crippen LogP contribution < -0.4 is 0 Å². The molecule has 0 spiro atoms. The fourth-order valence-electron chi connectivity index (χ4n) is 2.94. The molecule has 3 aromatic carbocycles. The molecule has 0 unspecified atom stereocenters. The Kier molecular flexibility index (Phi) is 3.82. The van der Waals surface area contributed by atoms with E-state index >= 15 is 0 Å². The Morgan fingerprint density at radius 2 is 1.50 bits per heavy atom. The summed E-state index contributed by atoms with van der Waals surface area (Å²) in [5.74, 6) is 0.263. The molecule has 26 heavy (non-hydrogen) atoms. The summed E-state index contributed by atoms with van der Waals surface area (Å²) in [6.07, 6.45) is 0. The van der Waals surface area contributed by atoms with Crippen LogP contribution in [0.1, 0.15) is 15.9 Å². The third-order valence-electron chi connectivity index (χ3n) is 4.20. The van der Waals surface area contributed by atoms with Gasteiger partial charge in [-0.1, -0.05) is 48.5 Å². The number of nitrogens with zero attached hydrogens (tertiary/aromatic N) is 1. The van der Waals surface area contributed by atoms with Gasteiger partial charge in [0.1, 0.15) is 11.3 Å². The zero-order valence-corrected chi connectivity index (χ0v) is 13.6. The van der Waals surface area contributed by atoms with E-state index in [0.717, 1.165) is 10.9 Å². The zero-order chi connectivity index (χ0) is 18.1. The van der Waals surface area contributed by atoms with E-state index in [1.807, 2.05) is 54.6 Å². The Morgan fingerprint density at radius 3 is 2.19 bits per heavy atom. The number of hydrogen-bond acceptors (Lipinski definition) is 4. The van der Waals surface area contributed by atoms with Crippen molar-refractivity contribution in [1.29, 1.82) is 0 Å². The second-order valence-corrected chi connectivity index (χ2v) is 5.80. The number of non-ortho nitro benzene ring substituents is 1. The zero-order valence-electron chi connectivity index (χ0n) is 13.6. The van der Waals surface area contributed by atoms with E-state index in [9.17, 15) is 14.9 Å². The molecule has 126 valence electrons. The van der Waals surface area contributed by atoms with Crippen molar-refractivity contribution < 1.29 is 14.1 Å². The lowest BCUT2D eigenvalue weighted by molar-refractivity contribution is -0.384. The van der Waals surface area contributed by atoms with E-state index in [1.54, 1.807) is 0 Å². The standard InChI is InChI=1S/C21H13NO4/c23-20(14-10-12-16(13-11-14)22(24)25)19-17-8-4-5-9-18(17)26-21(19)15-6-2-1-3-7-15/h1-13H. The van der Waals surface area contributed by atoms with Gasteiger partial charge in [0.05, 0.1) is 10.5 Å². The van der Waals surface area contributed by atoms with Crippen LogP contribution in [0.5, 0.6) is 0 Å². The van der Waals surface area contributed by atoms with Crippen LogP contribution in [-0.4, -0.2) is 10.7 Å². The summed E-state index contributed by atoms with van der Waals surface area (Å²) in [4.78, 5) is 23.5. The highest BCUT2D eigenvalue weighted by atomic mass is 16.6. The van der Waals surface area contributed by atoms with Crippen molar-refractivity contribution in [2.45, 2.75) is 0 Å². The molecule has 0 saturated heterocycles. The van der Waals surface area contributed by atoms with Gasteiger partial charge in [-0.3, -0.25) is 14.9 Å². The Balaban J connectivity index is 1.89. The fraction of sp³-hybridized carbons (Fsp3) is 0. The minimum Gasteiger partial charge on any atom is -0.455 e. The highest BCUT2D eigenvalue weighted by Crippen LogP contribution is 2.35. The van der Waals surface area contributed by atoms with Crippen molar-refractivity contribution in [3.05, 3.63) is 100 Å². The predicted molar refractivity (Wildman–Crippen MR) is 98.2 cm³/mol. The summed E-state index contributed by atoms with van der Waals surface area (Å²) < 4.78 is 5.96. The number of carbonyl (C=O) groups excluding carboxylic acids is 1. The normalized spacial score (nSPS) is 10.8. The number of ketones is 1. The molecule has 0 radical (unpaired) electrons. The van der Waals surface area contributed by atoms with Crippen molar-refractivity contribution >= 4 is 22.4 Å². The van der Waals surface area contributed by atoms with E-state index < -0.39 is 4.92 Å². The molecule has 0 saturated carbocycles. The molecule has 0 aliphatic rings. The molecule has 0 atom stereocenters. The first kappa shape index (κ1) is 15.8. The van der Waals surface area contributed by atoms with Crippen LogP contribution >= 0.6 is 0 Å². The Morgan fingerprint density at radius 1 is 0.846 bits per heavy atom. The second kappa shape index (κ2) is 6.29. The van der Waals surface area contributed by atoms with Gasteiger partial charge in [-0.2, -0.15) is 0 Å². The average Bonchev–Trinajstić information content (AvgIpc) is 3.08. The van der Waals surface area contributed by atoms with Crippen LogP contribution in [-0.2, 0) is 0 Å². The molecule has 4 aromatic rings. The van der Waals surface area contributed by atoms with E-state index in [2.05, 4.69) is 0 Å². The summed E-state index contributed by atoms with van der Waals surface area (Å²) >= 11 is 0. The van der Waals surface area contributed by atoms with Crippen molar-refractivity contribution in [1.82, 2.24) is 0 Å². The van der Waals surface area contributed by atoms with Gasteiger partial charge in [-0.05, 0) is 18.2 Å². The van der Waals surface area contributed by atoms with Crippen LogP contribution in [0.3, 0.4) is 0 Å². The molecule has 0 amide bonds. The second-order valence-electron chi connectivity index (χ2n) is 5.80. The first-order valence-electron chi connectivity index (χ1n) is 8.01. The van der Waals surface area contributed by atoms with Crippen LogP contribution in [0.15, 0.2) is 83.3 Å². The highest BCUT2D eigenvalue weighted by molar-refractivity contribution is 6.19. The van der Waals surface area contributed by atoms with Gasteiger partial charge in [-0.15, -0.1) is 0 Å². The molecule has 5 nitrogen and oxygen atoms in total. The number of nitro groups is 1. The fourth-order valence-corrected chi connectivity index (χ4v) is 2.94. The van der Waals surface area contributed by atoms with Crippen LogP contribution in [0, 0.1) is 10.1 Å². The number of benzene rings is 3. The molecular weight excluding hydrogens is 330 g/mol. The number of fused-ring (bicyclic) bond motifs is 1. The van der Waals surface area contributed by atoms with Gasteiger partial charge in [0.15, 0.2) is 5.78 Å². The maximum absolute atomic E-state index is 13.2. The minimum absolute atomic E-state index is 0.0538. The van der Waals surface area contributed by atoms with Crippen molar-refractivity contribution in [2.24, 2.45) is 0 Å². The molecule has 1 heterocycles. The van der Waals surface area contributed by atoms with E-state index in [0.29, 0.717) is 22.5 Å². The van der Waals surface area contributed by atoms with Gasteiger partial charge in [0, 0.05) is 28.6 Å². The molecule has 0 bridgehead atoms. The minimum atomic E-state index is -0.489. The number of nitro benzene ring substituents is 1. The topological polar surface area (TPSA) is 73.3 Å². The van der Waals surface area contributed by atoms with E-state index in [-0.39, 0.29) is 11.5 Å². The number of hydrogen-bond donors (Lipinski definition) is 0. The summed E-state index contributed by atoms with van der Waals surface area (Å²) in [6.45, 7) is 0. The lowest BCUT2D eigenvalue weighted by Crippen LogP contribution is -2.02. The van der Waals surface area contributed by atoms with Crippen molar-refractivity contribution in [3.8, 4) is 11.3 Å². The van der Waals surface area contributed by atoms with Gasteiger partial charge < -0.3 is 4.42 Å². The number of furan rings is 1. The third kappa shape index (κ3) is 2.65. The van der Waals surface area contributed by atoms with Gasteiger partial charge in [-0.25, -0.2) is 0 Å². The Hall–Kier alpha value is -3.73. The van der Waals surface area contributed by atoms with E-state index in [4.69, 9.17) is 4.42 Å². The quantitative estimate of drug-likeness (QED) is 0.288. The number of para-hydroxylation sites is 1. The lowest BCUT2D eigenvalue weighted by atomic mass is 9.97. The third-order valence-corrected chi connectivity index (χ3v) is 4.20. The first-order valence-corrected chi connectivity index (χ1v) is 8.01. The van der Waals surface area contributed by atoms with Crippen LogP contribution in [0.2, 0.25) is 0 Å². The molecule has 0 N–H and O–H groups in total. The molecule has 0 aliphatic heterocycles. The van der Waals surface area contributed by atoms with Crippen LogP contribution in [0.25, 0.3) is 22.3 Å². The lowest BCUT2D eigenvalue weighted by Gasteiger charge is -2.03. The molecule has 5 heteroatoms. The molecule has 4 rings (SSSR count). The van der Waals surface area contributed by atoms with E-state index in [1.165, 1.54) is 24.3 Å². The van der Waals surface area contributed by atoms with Crippen molar-refractivity contribution in [2.75, 3.05) is 0 Å². The molecule has 0 fully saturated rings. The van der Waals surface area contributed by atoms with Gasteiger partial charge >= 0.3 is 0 Å². The largest absolute Gasteiger partial charge is 0.455 e. The Labute approximate surface area is 148 Å². The first-order chi connectivity index (χ1) is 12.6. The molecule has 1 aromatic heterocycles. The summed E-state index contributed by atoms with van der Waals surface area (Å²) in [5, 5.41) is 11.5. The number of rotatable bonds is 4. The SMILES string of the molecule is O=C(c1ccc([N+](=O)[O-])cc1)c1c(-c2ccccc2)oc2ccccc12. The Bertz CT molecular complexity index is 1110. The maximum atomic E-state index is 13.2. The molecular formula is C21H13NO4. The summed E-state index contributed by atoms with van der Waals surface area (Å²) in [6, 6.07) is 22.4. The predicted octanol–water partition coefficient (Wildman–Crippen LogP) is 5.24.